The molecule has 0 unspecified atom stereocenters. The number of amides is 2. The number of nitrogens with zero attached hydrogens (tertiary/aromatic N) is 3. The Morgan fingerprint density at radius 3 is 1.77 bits per heavy atom. The standard InChI is InChI=1S/C17H23N3O2.C13H18N2O2/c1-16(2,3)22-15(21)20-10-9-12-13(7-6-8-14(12)20)19-17(4,5)11-18;1-13(2,3)17-12(16)15-8-7-9-10(14)5-4-6-11(9)15/h6-8,19H,9-10H2,1-5H3;4-6H,7-8,14H2,1-3H3. The van der Waals surface area contributed by atoms with Crippen LogP contribution in [0, 0.1) is 11.3 Å². The molecule has 2 aromatic carbocycles. The smallest absolute Gasteiger partial charge is 0.414 e. The van der Waals surface area contributed by atoms with Gasteiger partial charge in [0.2, 0.25) is 0 Å². The SMILES string of the molecule is CC(C)(C#N)Nc1cccc2c1CCN2C(=O)OC(C)(C)C.CC(C)(C)OC(=O)N1CCc2c(N)cccc21. The molecule has 0 aliphatic carbocycles. The highest BCUT2D eigenvalue weighted by molar-refractivity contribution is 5.93. The van der Waals surface area contributed by atoms with Gasteiger partial charge < -0.3 is 20.5 Å². The van der Waals surface area contributed by atoms with Crippen molar-refractivity contribution in [2.24, 2.45) is 0 Å². The van der Waals surface area contributed by atoms with E-state index >= 15 is 0 Å². The summed E-state index contributed by atoms with van der Waals surface area (Å²) < 4.78 is 10.8. The van der Waals surface area contributed by atoms with Crippen LogP contribution in [0.1, 0.15) is 66.5 Å². The lowest BCUT2D eigenvalue weighted by Crippen LogP contribution is -2.35. The summed E-state index contributed by atoms with van der Waals surface area (Å²) in [6.45, 7) is 16.0. The van der Waals surface area contributed by atoms with Crippen molar-refractivity contribution in [1.82, 2.24) is 0 Å². The number of hydrogen-bond acceptors (Lipinski definition) is 7. The summed E-state index contributed by atoms with van der Waals surface area (Å²) in [6.07, 6.45) is 0.908. The molecule has 39 heavy (non-hydrogen) atoms. The summed E-state index contributed by atoms with van der Waals surface area (Å²) >= 11 is 0. The van der Waals surface area contributed by atoms with Gasteiger partial charge in [0.05, 0.1) is 17.4 Å². The molecular weight excluding hydrogens is 494 g/mol. The van der Waals surface area contributed by atoms with Crippen molar-refractivity contribution in [3.63, 3.8) is 0 Å². The van der Waals surface area contributed by atoms with Crippen LogP contribution in [0.5, 0.6) is 0 Å². The number of ether oxygens (including phenoxy) is 2. The van der Waals surface area contributed by atoms with Crippen molar-refractivity contribution >= 4 is 34.9 Å². The second-order valence-electron chi connectivity index (χ2n) is 12.3. The Kier molecular flexibility index (Phi) is 8.39. The summed E-state index contributed by atoms with van der Waals surface area (Å²) in [5, 5.41) is 12.4. The Hall–Kier alpha value is -3.93. The Morgan fingerprint density at radius 2 is 1.28 bits per heavy atom. The van der Waals surface area contributed by atoms with Gasteiger partial charge in [0, 0.05) is 35.6 Å². The van der Waals surface area contributed by atoms with E-state index in [0.29, 0.717) is 13.1 Å². The van der Waals surface area contributed by atoms with Gasteiger partial charge in [-0.05, 0) is 92.5 Å². The van der Waals surface area contributed by atoms with Crippen LogP contribution in [-0.2, 0) is 22.3 Å². The molecule has 0 saturated carbocycles. The van der Waals surface area contributed by atoms with E-state index in [2.05, 4.69) is 11.4 Å². The van der Waals surface area contributed by atoms with Gasteiger partial charge in [0.15, 0.2) is 0 Å². The van der Waals surface area contributed by atoms with Crippen molar-refractivity contribution in [3.05, 3.63) is 47.5 Å². The third-order valence-corrected chi connectivity index (χ3v) is 6.05. The summed E-state index contributed by atoms with van der Waals surface area (Å²) in [7, 11) is 0. The summed E-state index contributed by atoms with van der Waals surface area (Å²) in [4.78, 5) is 27.6. The number of nitrogens with two attached hydrogens (primary N) is 1. The molecule has 0 radical (unpaired) electrons. The van der Waals surface area contributed by atoms with Crippen molar-refractivity contribution in [1.29, 1.82) is 5.26 Å². The number of rotatable bonds is 2. The molecule has 2 aromatic rings. The minimum Gasteiger partial charge on any atom is -0.443 e. The second-order valence-corrected chi connectivity index (χ2v) is 12.3. The second kappa shape index (κ2) is 11.0. The highest BCUT2D eigenvalue weighted by Crippen LogP contribution is 2.36. The van der Waals surface area contributed by atoms with Gasteiger partial charge in [-0.2, -0.15) is 5.26 Å². The fraction of sp³-hybridized carbons (Fsp3) is 0.500. The number of hydrogen-bond donors (Lipinski definition) is 2. The van der Waals surface area contributed by atoms with Crippen LogP contribution in [0.15, 0.2) is 36.4 Å². The highest BCUT2D eigenvalue weighted by Gasteiger charge is 2.32. The predicted molar refractivity (Wildman–Crippen MR) is 155 cm³/mol. The van der Waals surface area contributed by atoms with Gasteiger partial charge >= 0.3 is 12.2 Å². The number of carbonyl (C=O) groups is 2. The first kappa shape index (κ1) is 29.6. The Labute approximate surface area is 231 Å². The van der Waals surface area contributed by atoms with E-state index in [1.807, 2.05) is 91.8 Å². The number of carbonyl (C=O) groups excluding carboxylic acids is 2. The van der Waals surface area contributed by atoms with E-state index in [4.69, 9.17) is 15.2 Å². The summed E-state index contributed by atoms with van der Waals surface area (Å²) in [6, 6.07) is 13.6. The van der Waals surface area contributed by atoms with Crippen LogP contribution in [-0.4, -0.2) is 42.0 Å². The molecule has 0 bridgehead atoms. The number of nitrogen functional groups attached to an aromatic ring is 1. The monoisotopic (exact) mass is 535 g/mol. The number of nitrogens with one attached hydrogen (secondary N) is 1. The molecule has 0 aromatic heterocycles. The molecule has 3 N–H and O–H groups in total. The molecular formula is C30H41N5O4. The average molecular weight is 536 g/mol. The van der Waals surface area contributed by atoms with E-state index in [1.54, 1.807) is 9.80 Å². The maximum Gasteiger partial charge on any atom is 0.414 e. The molecule has 0 fully saturated rings. The normalized spacial score (nSPS) is 14.4. The number of benzene rings is 2. The Morgan fingerprint density at radius 1 is 0.821 bits per heavy atom. The molecule has 0 atom stereocenters. The molecule has 9 nitrogen and oxygen atoms in total. The molecule has 210 valence electrons. The zero-order valence-corrected chi connectivity index (χ0v) is 24.3. The van der Waals surface area contributed by atoms with Gasteiger partial charge in [-0.15, -0.1) is 0 Å². The van der Waals surface area contributed by atoms with Crippen molar-refractivity contribution < 1.29 is 19.1 Å². The van der Waals surface area contributed by atoms with Gasteiger partial charge in [-0.3, -0.25) is 9.80 Å². The lowest BCUT2D eigenvalue weighted by Gasteiger charge is -2.25. The maximum atomic E-state index is 12.3. The molecule has 2 amide bonds. The van der Waals surface area contributed by atoms with E-state index in [0.717, 1.165) is 46.7 Å². The zero-order chi connectivity index (χ0) is 29.2. The fourth-order valence-corrected chi connectivity index (χ4v) is 4.39. The third-order valence-electron chi connectivity index (χ3n) is 6.05. The van der Waals surface area contributed by atoms with Crippen LogP contribution in [0.4, 0.5) is 32.3 Å². The first-order chi connectivity index (χ1) is 18.0. The van der Waals surface area contributed by atoms with E-state index in [1.165, 1.54) is 0 Å². The number of nitriles is 1. The van der Waals surface area contributed by atoms with Gasteiger partial charge in [-0.1, -0.05) is 12.1 Å². The van der Waals surface area contributed by atoms with E-state index < -0.39 is 16.7 Å². The first-order valence-electron chi connectivity index (χ1n) is 13.2. The van der Waals surface area contributed by atoms with Crippen molar-refractivity contribution in [2.45, 2.75) is 85.0 Å². The lowest BCUT2D eigenvalue weighted by atomic mass is 10.0. The van der Waals surface area contributed by atoms with Crippen molar-refractivity contribution in [2.75, 3.05) is 33.9 Å². The molecule has 2 heterocycles. The van der Waals surface area contributed by atoms with E-state index in [-0.39, 0.29) is 12.2 Å². The van der Waals surface area contributed by atoms with Gasteiger partial charge in [-0.25, -0.2) is 9.59 Å². The predicted octanol–water partition coefficient (Wildman–Crippen LogP) is 6.26. The van der Waals surface area contributed by atoms with E-state index in [9.17, 15) is 14.9 Å². The minimum atomic E-state index is -0.658. The first-order valence-corrected chi connectivity index (χ1v) is 13.2. The quantitative estimate of drug-likeness (QED) is 0.435. The van der Waals surface area contributed by atoms with Crippen LogP contribution >= 0.6 is 0 Å². The average Bonchev–Trinajstić information content (AvgIpc) is 3.43. The fourth-order valence-electron chi connectivity index (χ4n) is 4.39. The largest absolute Gasteiger partial charge is 0.443 e. The van der Waals surface area contributed by atoms with Gasteiger partial charge in [0.25, 0.3) is 0 Å². The number of fused-ring (bicyclic) bond motifs is 2. The number of anilines is 4. The summed E-state index contributed by atoms with van der Waals surface area (Å²) in [5.41, 5.74) is 9.70. The molecule has 0 spiro atoms. The highest BCUT2D eigenvalue weighted by atomic mass is 16.6. The Balaban J connectivity index is 0.000000223. The molecule has 0 saturated heterocycles. The topological polar surface area (TPSA) is 121 Å². The molecule has 2 aliphatic rings. The lowest BCUT2D eigenvalue weighted by molar-refractivity contribution is 0.0573. The van der Waals surface area contributed by atoms with Crippen LogP contribution < -0.4 is 20.9 Å². The Bertz CT molecular complexity index is 1270. The van der Waals surface area contributed by atoms with Gasteiger partial charge in [0.1, 0.15) is 16.7 Å². The van der Waals surface area contributed by atoms with Crippen molar-refractivity contribution in [3.8, 4) is 6.07 Å². The van der Waals surface area contributed by atoms with Crippen LogP contribution in [0.25, 0.3) is 0 Å². The maximum absolute atomic E-state index is 12.3. The minimum absolute atomic E-state index is 0.304. The van der Waals surface area contributed by atoms with Crippen LogP contribution in [0.2, 0.25) is 0 Å². The van der Waals surface area contributed by atoms with Crippen LogP contribution in [0.3, 0.4) is 0 Å². The molecule has 4 rings (SSSR count). The molecule has 2 aliphatic heterocycles. The third kappa shape index (κ3) is 7.56. The molecule has 9 heteroatoms. The summed E-state index contributed by atoms with van der Waals surface area (Å²) in [5.74, 6) is 0. The zero-order valence-electron chi connectivity index (χ0n) is 24.3.